The molecule has 0 radical (unpaired) electrons. The Morgan fingerprint density at radius 3 is 1.96 bits per heavy atom. The van der Waals surface area contributed by atoms with Crippen LogP contribution in [0.3, 0.4) is 0 Å². The lowest BCUT2D eigenvalue weighted by Crippen LogP contribution is -2.14. The quantitative estimate of drug-likeness (QED) is 0.518. The summed E-state index contributed by atoms with van der Waals surface area (Å²) in [6, 6.07) is 7.50. The summed E-state index contributed by atoms with van der Waals surface area (Å²) in [5.41, 5.74) is 0.268. The molecule has 2 aromatic carbocycles. The summed E-state index contributed by atoms with van der Waals surface area (Å²) >= 11 is 0. The highest BCUT2D eigenvalue weighted by atomic mass is 16.5. The second-order valence-electron chi connectivity index (χ2n) is 5.37. The lowest BCUT2D eigenvalue weighted by molar-refractivity contribution is -0.0424. The fourth-order valence-electron chi connectivity index (χ4n) is 2.24. The van der Waals surface area contributed by atoms with E-state index in [1.54, 1.807) is 6.92 Å². The Kier molecular flexibility index (Phi) is 5.16. The first-order valence-electron chi connectivity index (χ1n) is 7.08. The first kappa shape index (κ1) is 18.1. The van der Waals surface area contributed by atoms with E-state index < -0.39 is 24.1 Å². The van der Waals surface area contributed by atoms with E-state index in [4.69, 9.17) is 10.2 Å². The van der Waals surface area contributed by atoms with Gasteiger partial charge >= 0.3 is 11.9 Å². The number of hydrogen-bond donors (Lipinski definition) is 5. The normalized spacial score (nSPS) is 10.6. The van der Waals surface area contributed by atoms with Crippen molar-refractivity contribution in [2.75, 3.05) is 5.32 Å². The van der Waals surface area contributed by atoms with E-state index >= 15 is 0 Å². The van der Waals surface area contributed by atoms with Gasteiger partial charge in [-0.25, -0.2) is 9.59 Å². The van der Waals surface area contributed by atoms with Crippen LogP contribution in [0.5, 0.6) is 0 Å². The van der Waals surface area contributed by atoms with E-state index in [-0.39, 0.29) is 27.9 Å². The van der Waals surface area contributed by atoms with E-state index in [1.165, 1.54) is 24.3 Å². The number of aromatic carboxylic acids is 2. The fraction of sp³-hybridized carbons (Fsp3) is 0.118. The monoisotopic (exact) mass is 345 g/mol. The molecule has 1 amide bonds. The summed E-state index contributed by atoms with van der Waals surface area (Å²) in [4.78, 5) is 34.5. The van der Waals surface area contributed by atoms with Crippen molar-refractivity contribution in [1.82, 2.24) is 0 Å². The van der Waals surface area contributed by atoms with Crippen LogP contribution in [0, 0.1) is 6.92 Å². The lowest BCUT2D eigenvalue weighted by Gasteiger charge is -2.11. The molecule has 0 fully saturated rings. The Morgan fingerprint density at radius 1 is 0.840 bits per heavy atom. The molecule has 0 bridgehead atoms. The molecule has 2 rings (SSSR count). The zero-order chi connectivity index (χ0) is 18.7. The second kappa shape index (κ2) is 7.12. The Balaban J connectivity index is 2.37. The SMILES string of the molecule is Cc1cc(C(=O)O)cc(C(=O)Nc2cc(C(=O)O)cc(C(O)O)c2)c1. The lowest BCUT2D eigenvalue weighted by atomic mass is 10.1. The maximum atomic E-state index is 12.3. The van der Waals surface area contributed by atoms with Crippen LogP contribution in [0.4, 0.5) is 5.69 Å². The minimum atomic E-state index is -1.91. The maximum absolute atomic E-state index is 12.3. The van der Waals surface area contributed by atoms with Gasteiger partial charge in [-0.15, -0.1) is 0 Å². The van der Waals surface area contributed by atoms with Crippen LogP contribution in [0.25, 0.3) is 0 Å². The number of aliphatic hydroxyl groups excluding tert-OH is 1. The third kappa shape index (κ3) is 4.40. The molecule has 0 unspecified atom stereocenters. The zero-order valence-corrected chi connectivity index (χ0v) is 13.1. The molecule has 0 heterocycles. The molecular formula is C17H15NO7. The molecule has 0 aromatic heterocycles. The summed E-state index contributed by atoms with van der Waals surface area (Å²) in [6.45, 7) is 1.63. The molecule has 0 spiro atoms. The highest BCUT2D eigenvalue weighted by Crippen LogP contribution is 2.21. The maximum Gasteiger partial charge on any atom is 0.335 e. The van der Waals surface area contributed by atoms with Crippen LogP contribution in [-0.2, 0) is 0 Å². The molecule has 0 aliphatic rings. The van der Waals surface area contributed by atoms with Crippen LogP contribution in [0.1, 0.15) is 48.5 Å². The highest BCUT2D eigenvalue weighted by molar-refractivity contribution is 6.06. The number of hydrogen-bond acceptors (Lipinski definition) is 5. The molecule has 8 heteroatoms. The molecule has 130 valence electrons. The molecule has 25 heavy (non-hydrogen) atoms. The third-order valence-electron chi connectivity index (χ3n) is 3.34. The molecule has 2 aromatic rings. The van der Waals surface area contributed by atoms with Crippen LogP contribution in [0.2, 0.25) is 0 Å². The van der Waals surface area contributed by atoms with Gasteiger partial charge in [0.05, 0.1) is 11.1 Å². The molecular weight excluding hydrogens is 330 g/mol. The van der Waals surface area contributed by atoms with Crippen molar-refractivity contribution in [1.29, 1.82) is 0 Å². The number of aliphatic hydroxyl groups is 2. The Hall–Kier alpha value is -3.23. The Bertz CT molecular complexity index is 858. The first-order valence-corrected chi connectivity index (χ1v) is 7.08. The van der Waals surface area contributed by atoms with Crippen molar-refractivity contribution in [3.8, 4) is 0 Å². The third-order valence-corrected chi connectivity index (χ3v) is 3.34. The van der Waals surface area contributed by atoms with Gasteiger partial charge in [-0.3, -0.25) is 4.79 Å². The molecule has 0 saturated carbocycles. The summed E-state index contributed by atoms with van der Waals surface area (Å²) in [7, 11) is 0. The minimum Gasteiger partial charge on any atom is -0.478 e. The molecule has 0 atom stereocenters. The number of carboxylic acids is 2. The number of anilines is 1. The fourth-order valence-corrected chi connectivity index (χ4v) is 2.24. The van der Waals surface area contributed by atoms with Crippen molar-refractivity contribution >= 4 is 23.5 Å². The number of carboxylic acid groups (broad SMARTS) is 2. The predicted octanol–water partition coefficient (Wildman–Crippen LogP) is 1.63. The van der Waals surface area contributed by atoms with Gasteiger partial charge in [0, 0.05) is 16.8 Å². The zero-order valence-electron chi connectivity index (χ0n) is 13.1. The highest BCUT2D eigenvalue weighted by Gasteiger charge is 2.15. The number of amides is 1. The number of rotatable bonds is 5. The Labute approximate surface area is 142 Å². The average molecular weight is 345 g/mol. The van der Waals surface area contributed by atoms with Crippen molar-refractivity contribution in [2.45, 2.75) is 13.2 Å². The number of aryl methyl sites for hydroxylation is 1. The topological polar surface area (TPSA) is 144 Å². The minimum absolute atomic E-state index is 0.0337. The van der Waals surface area contributed by atoms with Crippen LogP contribution >= 0.6 is 0 Å². The van der Waals surface area contributed by atoms with E-state index in [0.29, 0.717) is 5.56 Å². The predicted molar refractivity (Wildman–Crippen MR) is 86.7 cm³/mol. The van der Waals surface area contributed by atoms with E-state index in [1.807, 2.05) is 0 Å². The van der Waals surface area contributed by atoms with Gasteiger partial charge in [0.25, 0.3) is 5.91 Å². The number of benzene rings is 2. The van der Waals surface area contributed by atoms with Crippen molar-refractivity contribution < 1.29 is 34.8 Å². The molecule has 8 nitrogen and oxygen atoms in total. The average Bonchev–Trinajstić information content (AvgIpc) is 2.53. The van der Waals surface area contributed by atoms with Gasteiger partial charge in [0.15, 0.2) is 6.29 Å². The number of nitrogens with one attached hydrogen (secondary N) is 1. The summed E-state index contributed by atoms with van der Waals surface area (Å²) in [6.07, 6.45) is -1.91. The van der Waals surface area contributed by atoms with Gasteiger partial charge in [0.1, 0.15) is 0 Å². The van der Waals surface area contributed by atoms with E-state index in [9.17, 15) is 24.6 Å². The smallest absolute Gasteiger partial charge is 0.335 e. The van der Waals surface area contributed by atoms with Gasteiger partial charge in [-0.1, -0.05) is 0 Å². The standard InChI is InChI=1S/C17H15NO7/c1-8-2-9(4-10(3-8)15(20)21)14(19)18-13-6-11(16(22)23)5-12(7-13)17(24)25/h2-7,16,22-23H,1H3,(H,18,19)(H,20,21)(H,24,25). The Morgan fingerprint density at radius 2 is 1.40 bits per heavy atom. The summed E-state index contributed by atoms with van der Waals surface area (Å²) in [5.74, 6) is -3.15. The second-order valence-corrected chi connectivity index (χ2v) is 5.37. The van der Waals surface area contributed by atoms with Crippen molar-refractivity contribution in [3.63, 3.8) is 0 Å². The van der Waals surface area contributed by atoms with Crippen molar-refractivity contribution in [2.24, 2.45) is 0 Å². The summed E-state index contributed by atoms with van der Waals surface area (Å²) < 4.78 is 0. The molecule has 0 saturated heterocycles. The molecule has 0 aliphatic carbocycles. The van der Waals surface area contributed by atoms with Crippen LogP contribution in [-0.4, -0.2) is 38.3 Å². The molecule has 0 aliphatic heterocycles. The summed E-state index contributed by atoms with van der Waals surface area (Å²) in [5, 5.41) is 39.0. The van der Waals surface area contributed by atoms with Crippen LogP contribution < -0.4 is 5.32 Å². The van der Waals surface area contributed by atoms with Gasteiger partial charge in [-0.2, -0.15) is 0 Å². The molecule has 5 N–H and O–H groups in total. The van der Waals surface area contributed by atoms with E-state index in [2.05, 4.69) is 5.32 Å². The van der Waals surface area contributed by atoms with Crippen molar-refractivity contribution in [3.05, 3.63) is 64.2 Å². The van der Waals surface area contributed by atoms with E-state index in [0.717, 1.165) is 12.1 Å². The van der Waals surface area contributed by atoms with Gasteiger partial charge in [0.2, 0.25) is 0 Å². The number of carbonyl (C=O) groups excluding carboxylic acids is 1. The van der Waals surface area contributed by atoms with Gasteiger partial charge < -0.3 is 25.7 Å². The first-order chi connectivity index (χ1) is 11.7. The van der Waals surface area contributed by atoms with Gasteiger partial charge in [-0.05, 0) is 48.9 Å². The van der Waals surface area contributed by atoms with Crippen LogP contribution in [0.15, 0.2) is 36.4 Å². The largest absolute Gasteiger partial charge is 0.478 e. The number of carbonyl (C=O) groups is 3.